The lowest BCUT2D eigenvalue weighted by Gasteiger charge is -2.13. The van der Waals surface area contributed by atoms with Gasteiger partial charge in [-0.2, -0.15) is 5.10 Å². The molecule has 1 aromatic carbocycles. The summed E-state index contributed by atoms with van der Waals surface area (Å²) in [5, 5.41) is 4.50. The van der Waals surface area contributed by atoms with Crippen LogP contribution in [0.2, 0.25) is 0 Å². The second-order valence-electron chi connectivity index (χ2n) is 5.71. The van der Waals surface area contributed by atoms with Gasteiger partial charge in [-0.05, 0) is 38.1 Å². The lowest BCUT2D eigenvalue weighted by Crippen LogP contribution is -2.24. The molecule has 122 valence electrons. The fourth-order valence-electron chi connectivity index (χ4n) is 2.48. The van der Waals surface area contributed by atoms with Crippen molar-refractivity contribution in [3.05, 3.63) is 63.4 Å². The number of rotatable bonds is 3. The van der Waals surface area contributed by atoms with E-state index in [1.54, 1.807) is 12.1 Å². The number of nitrogen functional groups attached to an aromatic ring is 1. The largest absolute Gasteiger partial charge is 0.384 e. The number of pyridine rings is 1. The predicted octanol–water partition coefficient (Wildman–Crippen LogP) is 3.90. The summed E-state index contributed by atoms with van der Waals surface area (Å²) in [5.41, 5.74) is 8.92. The highest BCUT2D eigenvalue weighted by Gasteiger charge is 2.15. The van der Waals surface area contributed by atoms with Crippen molar-refractivity contribution in [3.63, 3.8) is 0 Å². The summed E-state index contributed by atoms with van der Waals surface area (Å²) in [5.74, 6) is 0.432. The molecule has 0 bridgehead atoms. The molecule has 0 saturated carbocycles. The van der Waals surface area contributed by atoms with Gasteiger partial charge in [-0.3, -0.25) is 4.79 Å². The van der Waals surface area contributed by atoms with Crippen molar-refractivity contribution in [1.29, 1.82) is 0 Å². The van der Waals surface area contributed by atoms with Gasteiger partial charge in [0.2, 0.25) is 0 Å². The van der Waals surface area contributed by atoms with Gasteiger partial charge in [-0.15, -0.1) is 0 Å². The Morgan fingerprint density at radius 3 is 2.50 bits per heavy atom. The third-order valence-electron chi connectivity index (χ3n) is 3.64. The molecule has 5 nitrogen and oxygen atoms in total. The number of anilines is 1. The van der Waals surface area contributed by atoms with Gasteiger partial charge in [-0.25, -0.2) is 9.67 Å². The maximum atomic E-state index is 12.0. The second-order valence-corrected chi connectivity index (χ2v) is 6.56. The Hall–Kier alpha value is -2.47. The van der Waals surface area contributed by atoms with Crippen molar-refractivity contribution in [1.82, 2.24) is 14.8 Å². The molecule has 2 heterocycles. The van der Waals surface area contributed by atoms with Gasteiger partial charge >= 0.3 is 0 Å². The Morgan fingerprint density at radius 1 is 1.04 bits per heavy atom. The predicted molar refractivity (Wildman–Crippen MR) is 99.7 cm³/mol. The van der Waals surface area contributed by atoms with E-state index in [0.29, 0.717) is 11.5 Å². The Labute approximate surface area is 148 Å². The van der Waals surface area contributed by atoms with Crippen LogP contribution < -0.4 is 11.3 Å². The molecule has 3 aromatic rings. The summed E-state index contributed by atoms with van der Waals surface area (Å²) in [7, 11) is 0. The fraction of sp³-hybridized carbons (Fsp3) is 0.167. The molecule has 0 aliphatic rings. The molecule has 6 heteroatoms. The summed E-state index contributed by atoms with van der Waals surface area (Å²) >= 11 is 3.56. The van der Waals surface area contributed by atoms with Crippen LogP contribution in [0.5, 0.6) is 0 Å². The molecule has 0 atom stereocenters. The number of hydrogen-bond donors (Lipinski definition) is 1. The first-order chi connectivity index (χ1) is 11.5. The third kappa shape index (κ3) is 3.10. The molecule has 0 saturated heterocycles. The quantitative estimate of drug-likeness (QED) is 0.742. The SMILES string of the molecule is CC(C)n1nc(-c2ccc(N)nc2-c2ccccc2Br)ccc1=O. The molecular formula is C18H17BrN4O. The maximum Gasteiger partial charge on any atom is 0.267 e. The number of halogens is 1. The highest BCUT2D eigenvalue weighted by molar-refractivity contribution is 9.10. The summed E-state index contributed by atoms with van der Waals surface area (Å²) in [6.45, 7) is 3.85. The van der Waals surface area contributed by atoms with Crippen LogP contribution in [0.15, 0.2) is 57.8 Å². The highest BCUT2D eigenvalue weighted by Crippen LogP contribution is 2.34. The van der Waals surface area contributed by atoms with Crippen molar-refractivity contribution < 1.29 is 0 Å². The molecule has 0 amide bonds. The minimum Gasteiger partial charge on any atom is -0.384 e. The number of nitrogens with zero attached hydrogens (tertiary/aromatic N) is 3. The van der Waals surface area contributed by atoms with Crippen molar-refractivity contribution in [3.8, 4) is 22.5 Å². The summed E-state index contributed by atoms with van der Waals surface area (Å²) < 4.78 is 2.39. The normalized spacial score (nSPS) is 11.0. The minimum atomic E-state index is -0.125. The van der Waals surface area contributed by atoms with Crippen molar-refractivity contribution >= 4 is 21.7 Å². The summed E-state index contributed by atoms with van der Waals surface area (Å²) in [4.78, 5) is 16.5. The van der Waals surface area contributed by atoms with E-state index < -0.39 is 0 Å². The molecule has 0 radical (unpaired) electrons. The number of nitrogens with two attached hydrogens (primary N) is 1. The van der Waals surface area contributed by atoms with Crippen molar-refractivity contribution in [2.45, 2.75) is 19.9 Å². The zero-order chi connectivity index (χ0) is 17.3. The highest BCUT2D eigenvalue weighted by atomic mass is 79.9. The van der Waals surface area contributed by atoms with Crippen molar-refractivity contribution in [2.24, 2.45) is 0 Å². The first kappa shape index (κ1) is 16.4. The number of hydrogen-bond acceptors (Lipinski definition) is 4. The Kier molecular flexibility index (Phi) is 4.49. The van der Waals surface area contributed by atoms with Gasteiger partial charge in [0.1, 0.15) is 5.82 Å². The smallest absolute Gasteiger partial charge is 0.267 e. The van der Waals surface area contributed by atoms with Crippen LogP contribution in [0.3, 0.4) is 0 Å². The minimum absolute atomic E-state index is 0.0221. The molecule has 3 rings (SSSR count). The topological polar surface area (TPSA) is 73.8 Å². The Bertz CT molecular complexity index is 950. The van der Waals surface area contributed by atoms with E-state index in [0.717, 1.165) is 21.3 Å². The second kappa shape index (κ2) is 6.57. The molecule has 24 heavy (non-hydrogen) atoms. The van der Waals surface area contributed by atoms with E-state index in [1.165, 1.54) is 10.7 Å². The van der Waals surface area contributed by atoms with Gasteiger partial charge in [0.15, 0.2) is 0 Å². The fourth-order valence-corrected chi connectivity index (χ4v) is 2.95. The molecule has 0 spiro atoms. The van der Waals surface area contributed by atoms with Gasteiger partial charge in [-0.1, -0.05) is 34.1 Å². The van der Waals surface area contributed by atoms with Crippen molar-refractivity contribution in [2.75, 3.05) is 5.73 Å². The summed E-state index contributed by atoms with van der Waals surface area (Å²) in [6, 6.07) is 14.6. The van der Waals surface area contributed by atoms with E-state index in [9.17, 15) is 4.79 Å². The molecule has 2 N–H and O–H groups in total. The molecule has 0 fully saturated rings. The van der Waals surface area contributed by atoms with Crippen LogP contribution in [-0.2, 0) is 0 Å². The van der Waals surface area contributed by atoms with E-state index in [2.05, 4.69) is 26.0 Å². The van der Waals surface area contributed by atoms with Gasteiger partial charge < -0.3 is 5.73 Å². The van der Waals surface area contributed by atoms with Crippen LogP contribution in [0.25, 0.3) is 22.5 Å². The monoisotopic (exact) mass is 384 g/mol. The standard InChI is InChI=1S/C18H17BrN4O/c1-11(2)23-17(24)10-8-15(22-23)13-7-9-16(20)21-18(13)12-5-3-4-6-14(12)19/h3-11H,1-2H3,(H2,20,21). The van der Waals surface area contributed by atoms with E-state index in [4.69, 9.17) is 5.73 Å². The molecule has 0 aliphatic carbocycles. The molecular weight excluding hydrogens is 368 g/mol. The zero-order valence-electron chi connectivity index (χ0n) is 13.4. The number of benzene rings is 1. The van der Waals surface area contributed by atoms with Crippen LogP contribution in [0, 0.1) is 0 Å². The van der Waals surface area contributed by atoms with Gasteiger partial charge in [0.05, 0.1) is 17.4 Å². The third-order valence-corrected chi connectivity index (χ3v) is 4.33. The average molecular weight is 385 g/mol. The van der Waals surface area contributed by atoms with E-state index in [1.807, 2.05) is 44.2 Å². The van der Waals surface area contributed by atoms with E-state index >= 15 is 0 Å². The molecule has 0 unspecified atom stereocenters. The first-order valence-electron chi connectivity index (χ1n) is 7.59. The van der Waals surface area contributed by atoms with Crippen LogP contribution in [0.1, 0.15) is 19.9 Å². The zero-order valence-corrected chi connectivity index (χ0v) is 15.0. The van der Waals surface area contributed by atoms with Crippen LogP contribution in [-0.4, -0.2) is 14.8 Å². The van der Waals surface area contributed by atoms with Crippen LogP contribution >= 0.6 is 15.9 Å². The Balaban J connectivity index is 2.25. The molecule has 0 aliphatic heterocycles. The van der Waals surface area contributed by atoms with E-state index in [-0.39, 0.29) is 11.6 Å². The summed E-state index contributed by atoms with van der Waals surface area (Å²) in [6.07, 6.45) is 0. The first-order valence-corrected chi connectivity index (χ1v) is 8.38. The number of aromatic nitrogens is 3. The van der Waals surface area contributed by atoms with Gasteiger partial charge in [0.25, 0.3) is 5.56 Å². The average Bonchev–Trinajstić information content (AvgIpc) is 2.55. The van der Waals surface area contributed by atoms with Gasteiger partial charge in [0, 0.05) is 21.7 Å². The molecule has 2 aromatic heterocycles. The van der Waals surface area contributed by atoms with Crippen LogP contribution in [0.4, 0.5) is 5.82 Å². The lowest BCUT2D eigenvalue weighted by atomic mass is 10.0. The Morgan fingerprint density at radius 2 is 1.79 bits per heavy atom. The maximum absolute atomic E-state index is 12.0. The lowest BCUT2D eigenvalue weighted by molar-refractivity contribution is 0.505.